The van der Waals surface area contributed by atoms with Gasteiger partial charge >= 0.3 is 0 Å². The Labute approximate surface area is 181 Å². The molecule has 0 unspecified atom stereocenters. The highest BCUT2D eigenvalue weighted by Crippen LogP contribution is 2.30. The zero-order valence-corrected chi connectivity index (χ0v) is 17.2. The van der Waals surface area contributed by atoms with E-state index in [0.717, 1.165) is 53.9 Å². The number of ketones is 1. The second-order valence-electron chi connectivity index (χ2n) is 7.96. The van der Waals surface area contributed by atoms with Crippen molar-refractivity contribution in [2.24, 2.45) is 0 Å². The van der Waals surface area contributed by atoms with Gasteiger partial charge in [0.05, 0.1) is 6.04 Å². The van der Waals surface area contributed by atoms with Gasteiger partial charge in [0.1, 0.15) is 5.75 Å². The van der Waals surface area contributed by atoms with Crippen LogP contribution in [-0.2, 0) is 0 Å². The Bertz CT molecular complexity index is 1180. The number of phenols is 1. The third-order valence-electron chi connectivity index (χ3n) is 6.11. The Hall–Kier alpha value is -3.57. The number of piperazine rings is 1. The Morgan fingerprint density at radius 2 is 1.52 bits per heavy atom. The number of anilines is 1. The summed E-state index contributed by atoms with van der Waals surface area (Å²) in [5.41, 5.74) is 3.84. The molecule has 1 aromatic heterocycles. The first-order valence-electron chi connectivity index (χ1n) is 10.6. The van der Waals surface area contributed by atoms with Gasteiger partial charge in [0.2, 0.25) is 0 Å². The van der Waals surface area contributed by atoms with Crippen molar-refractivity contribution < 1.29 is 9.90 Å². The van der Waals surface area contributed by atoms with E-state index < -0.39 is 0 Å². The molecule has 2 N–H and O–H groups in total. The Kier molecular flexibility index (Phi) is 5.18. The van der Waals surface area contributed by atoms with Crippen molar-refractivity contribution in [1.29, 1.82) is 0 Å². The van der Waals surface area contributed by atoms with Gasteiger partial charge in [0, 0.05) is 54.5 Å². The van der Waals surface area contributed by atoms with E-state index in [2.05, 4.69) is 14.8 Å². The van der Waals surface area contributed by atoms with Crippen LogP contribution in [0.15, 0.2) is 85.1 Å². The van der Waals surface area contributed by atoms with Crippen LogP contribution in [-0.4, -0.2) is 47.0 Å². The lowest BCUT2D eigenvalue weighted by atomic mass is 9.95. The Balaban J connectivity index is 1.42. The monoisotopic (exact) mass is 411 g/mol. The van der Waals surface area contributed by atoms with Crippen LogP contribution in [0.4, 0.5) is 5.69 Å². The van der Waals surface area contributed by atoms with E-state index >= 15 is 0 Å². The summed E-state index contributed by atoms with van der Waals surface area (Å²) >= 11 is 0. The van der Waals surface area contributed by atoms with Gasteiger partial charge in [-0.25, -0.2) is 0 Å². The highest BCUT2D eigenvalue weighted by molar-refractivity contribution is 6.10. The summed E-state index contributed by atoms with van der Waals surface area (Å²) in [5.74, 6) is 0.401. The van der Waals surface area contributed by atoms with E-state index in [4.69, 9.17) is 0 Å². The number of nitrogens with one attached hydrogen (secondary N) is 1. The normalized spacial score (nSPS) is 15.8. The molecule has 1 aliphatic rings. The Morgan fingerprint density at radius 1 is 0.839 bits per heavy atom. The van der Waals surface area contributed by atoms with Gasteiger partial charge in [-0.2, -0.15) is 0 Å². The summed E-state index contributed by atoms with van der Waals surface area (Å²) in [6, 6.07) is 25.0. The van der Waals surface area contributed by atoms with E-state index in [0.29, 0.717) is 0 Å². The molecule has 0 aliphatic carbocycles. The smallest absolute Gasteiger partial charge is 0.186 e. The maximum atomic E-state index is 13.8. The number of para-hydroxylation sites is 1. The average Bonchev–Trinajstić information content (AvgIpc) is 3.25. The molecule has 4 aromatic rings. The molecule has 0 saturated carbocycles. The van der Waals surface area contributed by atoms with Crippen LogP contribution in [0.25, 0.3) is 10.9 Å². The maximum absolute atomic E-state index is 13.8. The van der Waals surface area contributed by atoms with E-state index in [9.17, 15) is 9.90 Å². The number of nitrogens with zero attached hydrogens (tertiary/aromatic N) is 2. The molecule has 0 bridgehead atoms. The lowest BCUT2D eigenvalue weighted by Gasteiger charge is -2.39. The highest BCUT2D eigenvalue weighted by Gasteiger charge is 2.32. The molecule has 156 valence electrons. The van der Waals surface area contributed by atoms with E-state index in [1.807, 2.05) is 72.9 Å². The fourth-order valence-corrected chi connectivity index (χ4v) is 4.49. The molecule has 31 heavy (non-hydrogen) atoms. The number of benzene rings is 3. The highest BCUT2D eigenvalue weighted by atomic mass is 16.3. The number of carbonyl (C=O) groups excluding carboxylic acids is 1. The Morgan fingerprint density at radius 3 is 2.26 bits per heavy atom. The van der Waals surface area contributed by atoms with Crippen molar-refractivity contribution in [3.05, 3.63) is 96.2 Å². The van der Waals surface area contributed by atoms with Crippen LogP contribution >= 0.6 is 0 Å². The molecular weight excluding hydrogens is 386 g/mol. The molecule has 1 saturated heterocycles. The van der Waals surface area contributed by atoms with Gasteiger partial charge in [-0.1, -0.05) is 48.5 Å². The molecule has 1 atom stereocenters. The summed E-state index contributed by atoms with van der Waals surface area (Å²) in [7, 11) is 0. The number of carbonyl (C=O) groups is 1. The quantitative estimate of drug-likeness (QED) is 0.471. The first kappa shape index (κ1) is 19.4. The second-order valence-corrected chi connectivity index (χ2v) is 7.96. The maximum Gasteiger partial charge on any atom is 0.186 e. The van der Waals surface area contributed by atoms with Gasteiger partial charge in [0.25, 0.3) is 0 Å². The number of phenolic OH excluding ortho intramolecular Hbond substituents is 1. The molecule has 5 nitrogen and oxygen atoms in total. The lowest BCUT2D eigenvalue weighted by molar-refractivity contribution is 0.0808. The second kappa shape index (κ2) is 8.28. The molecule has 5 heteroatoms. The predicted molar refractivity (Wildman–Crippen MR) is 124 cm³/mol. The third-order valence-corrected chi connectivity index (χ3v) is 6.11. The molecule has 5 rings (SSSR count). The van der Waals surface area contributed by atoms with Crippen LogP contribution in [0.5, 0.6) is 5.75 Å². The van der Waals surface area contributed by atoms with Crippen molar-refractivity contribution in [3.63, 3.8) is 0 Å². The third kappa shape index (κ3) is 3.80. The zero-order valence-electron chi connectivity index (χ0n) is 17.2. The standard InChI is InChI=1S/C26H25N3O2/c30-21-12-10-20(11-13-21)28-14-16-29(17-15-28)25(19-6-2-1-3-7-19)26(31)23-18-27-24-9-5-4-8-22(23)24/h1-13,18,25,27,30H,14-17H2/t25-/m0/s1. The van der Waals surface area contributed by atoms with Crippen LogP contribution in [0.3, 0.4) is 0 Å². The molecule has 1 aliphatic heterocycles. The topological polar surface area (TPSA) is 59.6 Å². The number of fused-ring (bicyclic) bond motifs is 1. The van der Waals surface area contributed by atoms with E-state index in [1.54, 1.807) is 12.1 Å². The van der Waals surface area contributed by atoms with Crippen LogP contribution in [0, 0.1) is 0 Å². The van der Waals surface area contributed by atoms with Crippen molar-refractivity contribution >= 4 is 22.4 Å². The number of aromatic amines is 1. The first-order valence-corrected chi connectivity index (χ1v) is 10.6. The van der Waals surface area contributed by atoms with Crippen molar-refractivity contribution in [1.82, 2.24) is 9.88 Å². The molecule has 1 fully saturated rings. The molecule has 0 spiro atoms. The molecule has 3 aromatic carbocycles. The number of Topliss-reactive ketones (excluding diaryl/α,β-unsaturated/α-hetero) is 1. The van der Waals surface area contributed by atoms with Crippen molar-refractivity contribution in [3.8, 4) is 5.75 Å². The minimum Gasteiger partial charge on any atom is -0.508 e. The lowest BCUT2D eigenvalue weighted by Crippen LogP contribution is -2.49. The van der Waals surface area contributed by atoms with Crippen LogP contribution in [0.1, 0.15) is 22.0 Å². The number of rotatable bonds is 5. The molecule has 0 radical (unpaired) electrons. The number of hydrogen-bond donors (Lipinski definition) is 2. The fraction of sp³-hybridized carbons (Fsp3) is 0.192. The van der Waals surface area contributed by atoms with E-state index in [-0.39, 0.29) is 17.6 Å². The van der Waals surface area contributed by atoms with Gasteiger partial charge in [0.15, 0.2) is 5.78 Å². The van der Waals surface area contributed by atoms with Gasteiger partial charge in [-0.05, 0) is 35.9 Å². The zero-order chi connectivity index (χ0) is 21.2. The summed E-state index contributed by atoms with van der Waals surface area (Å²) in [5, 5.41) is 10.5. The van der Waals surface area contributed by atoms with Crippen LogP contribution in [0.2, 0.25) is 0 Å². The SMILES string of the molecule is O=C(c1c[nH]c2ccccc12)[C@H](c1ccccc1)N1CCN(c2ccc(O)cc2)CC1. The van der Waals surface area contributed by atoms with Gasteiger partial charge in [-0.15, -0.1) is 0 Å². The largest absolute Gasteiger partial charge is 0.508 e. The average molecular weight is 412 g/mol. The summed E-state index contributed by atoms with van der Waals surface area (Å²) in [6.07, 6.45) is 1.84. The van der Waals surface area contributed by atoms with Gasteiger partial charge < -0.3 is 15.0 Å². The predicted octanol–water partition coefficient (Wildman–Crippen LogP) is 4.62. The first-order chi connectivity index (χ1) is 15.2. The molecule has 0 amide bonds. The number of aromatic nitrogens is 1. The van der Waals surface area contributed by atoms with Gasteiger partial charge in [-0.3, -0.25) is 9.69 Å². The van der Waals surface area contributed by atoms with Crippen molar-refractivity contribution in [2.45, 2.75) is 6.04 Å². The summed E-state index contributed by atoms with van der Waals surface area (Å²) in [6.45, 7) is 3.23. The number of H-pyrrole nitrogens is 1. The number of hydrogen-bond acceptors (Lipinski definition) is 4. The minimum atomic E-state index is -0.317. The minimum absolute atomic E-state index is 0.127. The fourth-order valence-electron chi connectivity index (χ4n) is 4.49. The summed E-state index contributed by atoms with van der Waals surface area (Å²) < 4.78 is 0. The summed E-state index contributed by atoms with van der Waals surface area (Å²) in [4.78, 5) is 21.6. The molecule has 2 heterocycles. The van der Waals surface area contributed by atoms with E-state index in [1.165, 1.54) is 0 Å². The van der Waals surface area contributed by atoms with Crippen LogP contribution < -0.4 is 4.90 Å². The van der Waals surface area contributed by atoms with Crippen molar-refractivity contribution in [2.75, 3.05) is 31.1 Å². The molecular formula is C26H25N3O2. The number of aromatic hydroxyl groups is 1.